The number of methoxy groups -OCH3 is 1. The maximum Gasteiger partial charge on any atom is 0.225 e. The molecule has 190 valence electrons. The van der Waals surface area contributed by atoms with Crippen LogP contribution in [0.1, 0.15) is 49.1 Å². The van der Waals surface area contributed by atoms with Crippen molar-refractivity contribution in [3.05, 3.63) is 59.9 Å². The number of hydrogen-bond donors (Lipinski definition) is 1. The number of benzene rings is 1. The van der Waals surface area contributed by atoms with Crippen molar-refractivity contribution < 1.29 is 9.53 Å². The van der Waals surface area contributed by atoms with Gasteiger partial charge in [-0.2, -0.15) is 5.26 Å². The summed E-state index contributed by atoms with van der Waals surface area (Å²) in [5.41, 5.74) is 5.00. The number of anilines is 3. The fourth-order valence-electron chi connectivity index (χ4n) is 4.94. The van der Waals surface area contributed by atoms with Gasteiger partial charge in [0, 0.05) is 49.8 Å². The zero-order valence-corrected chi connectivity index (χ0v) is 21.4. The van der Waals surface area contributed by atoms with Crippen LogP contribution in [-0.2, 0) is 9.53 Å². The van der Waals surface area contributed by atoms with Crippen LogP contribution in [-0.4, -0.2) is 60.2 Å². The Hall–Kier alpha value is -3.96. The number of hydrogen-bond acceptors (Lipinski definition) is 7. The van der Waals surface area contributed by atoms with Gasteiger partial charge in [0.25, 0.3) is 0 Å². The van der Waals surface area contributed by atoms with Gasteiger partial charge in [0.05, 0.1) is 41.2 Å². The van der Waals surface area contributed by atoms with E-state index in [-0.39, 0.29) is 11.9 Å². The van der Waals surface area contributed by atoms with E-state index in [9.17, 15) is 10.1 Å². The van der Waals surface area contributed by atoms with Crippen LogP contribution in [0.5, 0.6) is 0 Å². The van der Waals surface area contributed by atoms with Crippen molar-refractivity contribution in [1.29, 1.82) is 5.26 Å². The first kappa shape index (κ1) is 24.7. The van der Waals surface area contributed by atoms with Gasteiger partial charge in [-0.3, -0.25) is 4.79 Å². The van der Waals surface area contributed by atoms with Gasteiger partial charge < -0.3 is 19.9 Å². The summed E-state index contributed by atoms with van der Waals surface area (Å²) in [6.45, 7) is 8.17. The first-order valence-electron chi connectivity index (χ1n) is 12.8. The highest BCUT2D eigenvalue weighted by Gasteiger charge is 2.33. The molecule has 5 rings (SSSR count). The van der Waals surface area contributed by atoms with Crippen molar-refractivity contribution in [2.45, 2.75) is 38.1 Å². The molecule has 1 unspecified atom stereocenters. The van der Waals surface area contributed by atoms with Crippen LogP contribution in [0.2, 0.25) is 0 Å². The third kappa shape index (κ3) is 5.27. The Bertz CT molecular complexity index is 1380. The molecule has 0 bridgehead atoms. The second-order valence-electron chi connectivity index (χ2n) is 9.78. The third-order valence-electron chi connectivity index (χ3n) is 7.09. The number of nitrogens with zero attached hydrogens (tertiary/aromatic N) is 5. The predicted molar refractivity (Wildman–Crippen MR) is 146 cm³/mol. The van der Waals surface area contributed by atoms with E-state index in [4.69, 9.17) is 9.72 Å². The van der Waals surface area contributed by atoms with E-state index in [2.05, 4.69) is 27.8 Å². The average molecular weight is 497 g/mol. The summed E-state index contributed by atoms with van der Waals surface area (Å²) in [5.74, 6) is 1.20. The van der Waals surface area contributed by atoms with E-state index in [0.29, 0.717) is 50.0 Å². The number of nitriles is 1. The topological polar surface area (TPSA) is 94.4 Å². The average Bonchev–Trinajstić information content (AvgIpc) is 3.76. The molecule has 8 heteroatoms. The summed E-state index contributed by atoms with van der Waals surface area (Å²) in [5, 5.41) is 14.6. The lowest BCUT2D eigenvalue weighted by atomic mass is 10.1. The molecule has 1 N–H and O–H groups in total. The number of carbonyl (C=O) groups is 1. The molecule has 3 aromatic rings. The van der Waals surface area contributed by atoms with Gasteiger partial charge in [-0.25, -0.2) is 9.97 Å². The van der Waals surface area contributed by atoms with Gasteiger partial charge >= 0.3 is 0 Å². The summed E-state index contributed by atoms with van der Waals surface area (Å²) in [4.78, 5) is 26.3. The Labute approximate surface area is 217 Å². The largest absolute Gasteiger partial charge is 0.384 e. The van der Waals surface area contributed by atoms with Crippen LogP contribution in [0.25, 0.3) is 17.0 Å². The lowest BCUT2D eigenvalue weighted by Gasteiger charge is -2.41. The molecule has 2 aromatic heterocycles. The molecule has 1 amide bonds. The van der Waals surface area contributed by atoms with Crippen LogP contribution in [0.3, 0.4) is 0 Å². The van der Waals surface area contributed by atoms with Crippen LogP contribution >= 0.6 is 0 Å². The molecule has 8 nitrogen and oxygen atoms in total. The monoisotopic (exact) mass is 496 g/mol. The first-order valence-corrected chi connectivity index (χ1v) is 12.8. The zero-order chi connectivity index (χ0) is 25.9. The minimum atomic E-state index is 0.0270. The van der Waals surface area contributed by atoms with E-state index in [0.717, 1.165) is 46.5 Å². The maximum absolute atomic E-state index is 12.6. The Kier molecular flexibility index (Phi) is 7.06. The molecule has 1 aromatic carbocycles. The SMILES string of the molecule is C=Cc1ccc2ccc(Nc3cc(C#N)c(N4CCN(C(=O)CCOC)C(C)C4)nc3C3CC3)cc2n1. The number of aromatic nitrogens is 2. The Balaban J connectivity index is 1.41. The lowest BCUT2D eigenvalue weighted by molar-refractivity contribution is -0.134. The molecular formula is C29H32N6O2. The van der Waals surface area contributed by atoms with Gasteiger partial charge in [0.15, 0.2) is 0 Å². The predicted octanol–water partition coefficient (Wildman–Crippen LogP) is 4.84. The van der Waals surface area contributed by atoms with Crippen LogP contribution < -0.4 is 10.2 Å². The number of amides is 1. The number of carbonyl (C=O) groups excluding carboxylic acids is 1. The highest BCUT2D eigenvalue weighted by Crippen LogP contribution is 2.44. The fraction of sp³-hybridized carbons (Fsp3) is 0.379. The molecule has 0 spiro atoms. The van der Waals surface area contributed by atoms with E-state index < -0.39 is 0 Å². The molecule has 1 aliphatic carbocycles. The summed E-state index contributed by atoms with van der Waals surface area (Å²) >= 11 is 0. The molecule has 1 saturated heterocycles. The van der Waals surface area contributed by atoms with Crippen molar-refractivity contribution in [3.63, 3.8) is 0 Å². The number of ether oxygens (including phenoxy) is 1. The molecule has 3 heterocycles. The zero-order valence-electron chi connectivity index (χ0n) is 21.4. The van der Waals surface area contributed by atoms with Gasteiger partial charge in [-0.05, 0) is 50.1 Å². The standard InChI is InChI=1S/C29H32N6O2/c1-4-23-9-7-20-8-10-24(16-25(20)31-23)32-26-15-22(17-30)29(33-28(26)21-5-6-21)34-12-13-35(19(2)18-34)27(36)11-14-37-3/h4,7-10,15-16,19,21,32H,1,5-6,11-14,18H2,2-3H3. The highest BCUT2D eigenvalue weighted by molar-refractivity contribution is 5.84. The van der Waals surface area contributed by atoms with Crippen molar-refractivity contribution in [3.8, 4) is 6.07 Å². The molecule has 0 radical (unpaired) electrons. The van der Waals surface area contributed by atoms with E-state index in [1.807, 2.05) is 48.2 Å². The van der Waals surface area contributed by atoms with Crippen LogP contribution in [0.15, 0.2) is 43.0 Å². The molecular weight excluding hydrogens is 464 g/mol. The summed E-state index contributed by atoms with van der Waals surface area (Å²) in [6, 6.07) is 14.4. The third-order valence-corrected chi connectivity index (χ3v) is 7.09. The van der Waals surface area contributed by atoms with E-state index >= 15 is 0 Å². The van der Waals surface area contributed by atoms with Gasteiger partial charge in [0.1, 0.15) is 11.9 Å². The number of rotatable bonds is 8. The second kappa shape index (κ2) is 10.6. The van der Waals surface area contributed by atoms with Crippen LogP contribution in [0.4, 0.5) is 17.2 Å². The number of pyridine rings is 2. The summed E-state index contributed by atoms with van der Waals surface area (Å²) in [6.07, 6.45) is 4.30. The van der Waals surface area contributed by atoms with Gasteiger partial charge in [-0.1, -0.05) is 18.7 Å². The van der Waals surface area contributed by atoms with E-state index in [1.54, 1.807) is 13.2 Å². The summed E-state index contributed by atoms with van der Waals surface area (Å²) in [7, 11) is 1.61. The second-order valence-corrected chi connectivity index (χ2v) is 9.78. The van der Waals surface area contributed by atoms with Gasteiger partial charge in [-0.15, -0.1) is 0 Å². The molecule has 1 saturated carbocycles. The van der Waals surface area contributed by atoms with Crippen molar-refractivity contribution in [2.75, 3.05) is 43.6 Å². The van der Waals surface area contributed by atoms with Crippen molar-refractivity contribution in [1.82, 2.24) is 14.9 Å². The van der Waals surface area contributed by atoms with Crippen molar-refractivity contribution >= 4 is 40.1 Å². The molecule has 2 fully saturated rings. The fourth-order valence-corrected chi connectivity index (χ4v) is 4.94. The van der Waals surface area contributed by atoms with E-state index in [1.165, 1.54) is 0 Å². The molecule has 1 atom stereocenters. The number of fused-ring (bicyclic) bond motifs is 1. The Morgan fingerprint density at radius 2 is 2.05 bits per heavy atom. The molecule has 37 heavy (non-hydrogen) atoms. The van der Waals surface area contributed by atoms with Gasteiger partial charge in [0.2, 0.25) is 5.91 Å². The van der Waals surface area contributed by atoms with Crippen molar-refractivity contribution in [2.24, 2.45) is 0 Å². The lowest BCUT2D eigenvalue weighted by Crippen LogP contribution is -2.54. The normalized spacial score (nSPS) is 17.5. The smallest absolute Gasteiger partial charge is 0.225 e. The molecule has 2 aliphatic rings. The minimum absolute atomic E-state index is 0.0270. The Morgan fingerprint density at radius 3 is 2.76 bits per heavy atom. The maximum atomic E-state index is 12.6. The quantitative estimate of drug-likeness (QED) is 0.477. The number of piperazine rings is 1. The van der Waals surface area contributed by atoms with Crippen LogP contribution in [0, 0.1) is 11.3 Å². The molecule has 1 aliphatic heterocycles. The number of nitrogens with one attached hydrogen (secondary N) is 1. The highest BCUT2D eigenvalue weighted by atomic mass is 16.5. The Morgan fingerprint density at radius 1 is 1.24 bits per heavy atom. The minimum Gasteiger partial charge on any atom is -0.384 e. The summed E-state index contributed by atoms with van der Waals surface area (Å²) < 4.78 is 5.07. The first-order chi connectivity index (χ1) is 18.0.